The number of hydrogen-bond acceptors (Lipinski definition) is 7. The summed E-state index contributed by atoms with van der Waals surface area (Å²) in [6.45, 7) is 8.43. The van der Waals surface area contributed by atoms with Crippen molar-refractivity contribution in [1.82, 2.24) is 24.6 Å². The van der Waals surface area contributed by atoms with Crippen molar-refractivity contribution in [2.24, 2.45) is 0 Å². The fourth-order valence-electron chi connectivity index (χ4n) is 4.90. The van der Waals surface area contributed by atoms with E-state index in [1.165, 1.54) is 35.3 Å². The smallest absolute Gasteiger partial charge is 0.417 e. The van der Waals surface area contributed by atoms with Gasteiger partial charge in [0.1, 0.15) is 5.60 Å². The summed E-state index contributed by atoms with van der Waals surface area (Å²) in [7, 11) is 0. The Labute approximate surface area is 274 Å². The average molecular weight is 669 g/mol. The van der Waals surface area contributed by atoms with Gasteiger partial charge in [-0.2, -0.15) is 18.3 Å². The van der Waals surface area contributed by atoms with Gasteiger partial charge in [-0.25, -0.2) is 14.5 Å². The Hall–Kier alpha value is -4.75. The fraction of sp³-hybridized carbons (Fsp3) is 0.303. The summed E-state index contributed by atoms with van der Waals surface area (Å²) < 4.78 is 45.4. The number of hydrogen-bond donors (Lipinski definition) is 1. The molecule has 1 fully saturated rings. The average Bonchev–Trinajstić information content (AvgIpc) is 3.51. The number of ketones is 1. The lowest BCUT2D eigenvalue weighted by atomic mass is 10.0. The zero-order valence-electron chi connectivity index (χ0n) is 25.8. The van der Waals surface area contributed by atoms with Crippen LogP contribution in [0, 0.1) is 0 Å². The largest absolute Gasteiger partial charge is 0.444 e. The van der Waals surface area contributed by atoms with Gasteiger partial charge in [-0.1, -0.05) is 23.7 Å². The number of alkyl halides is 3. The van der Waals surface area contributed by atoms with Crippen LogP contribution in [0.4, 0.5) is 23.7 Å². The standard InChI is InChI=1S/C33H32ClF3N6O4/c1-32(2,3)47-31(46)42-13-11-41(12-14-42)19-21-5-4-6-22(15-21)30(45)40-27-9-8-25(34)16-26(27)29(44)23-17-39-43(20-23)28-10-7-24(18-38-28)33(35,36)37/h4-10,15-18,20H,11-14,19H2,1-3H3,(H,40,45). The zero-order chi connectivity index (χ0) is 33.9. The Morgan fingerprint density at radius 1 is 0.936 bits per heavy atom. The lowest BCUT2D eigenvalue weighted by Crippen LogP contribution is -2.49. The lowest BCUT2D eigenvalue weighted by molar-refractivity contribution is -0.137. The number of amides is 2. The van der Waals surface area contributed by atoms with Crippen molar-refractivity contribution in [3.63, 3.8) is 0 Å². The highest BCUT2D eigenvalue weighted by molar-refractivity contribution is 6.31. The molecule has 1 N–H and O–H groups in total. The highest BCUT2D eigenvalue weighted by Crippen LogP contribution is 2.29. The molecule has 0 unspecified atom stereocenters. The minimum atomic E-state index is -4.54. The molecule has 0 spiro atoms. The number of rotatable bonds is 7. The van der Waals surface area contributed by atoms with Crippen LogP contribution in [0.15, 0.2) is 73.2 Å². The number of anilines is 1. The minimum Gasteiger partial charge on any atom is -0.444 e. The van der Waals surface area contributed by atoms with E-state index in [2.05, 4.69) is 20.3 Å². The monoisotopic (exact) mass is 668 g/mol. The molecule has 2 aromatic heterocycles. The molecular weight excluding hydrogens is 637 g/mol. The molecule has 4 aromatic rings. The van der Waals surface area contributed by atoms with Crippen LogP contribution in [0.1, 0.15) is 58.2 Å². The molecule has 1 aliphatic heterocycles. The van der Waals surface area contributed by atoms with Crippen molar-refractivity contribution in [3.8, 4) is 5.82 Å². The second-order valence-electron chi connectivity index (χ2n) is 12.0. The van der Waals surface area contributed by atoms with E-state index >= 15 is 0 Å². The summed E-state index contributed by atoms with van der Waals surface area (Å²) in [5, 5.41) is 7.13. The van der Waals surface area contributed by atoms with Crippen LogP contribution >= 0.6 is 11.6 Å². The quantitative estimate of drug-likeness (QED) is 0.225. The molecule has 1 saturated heterocycles. The summed E-state index contributed by atoms with van der Waals surface area (Å²) in [5.41, 5.74) is 0.239. The highest BCUT2D eigenvalue weighted by Gasteiger charge is 2.31. The predicted molar refractivity (Wildman–Crippen MR) is 169 cm³/mol. The van der Waals surface area contributed by atoms with Crippen LogP contribution in [0.3, 0.4) is 0 Å². The van der Waals surface area contributed by atoms with Gasteiger partial charge in [-0.3, -0.25) is 14.5 Å². The van der Waals surface area contributed by atoms with E-state index in [4.69, 9.17) is 16.3 Å². The van der Waals surface area contributed by atoms with Gasteiger partial charge < -0.3 is 15.0 Å². The molecule has 14 heteroatoms. The molecule has 0 aliphatic carbocycles. The van der Waals surface area contributed by atoms with Crippen molar-refractivity contribution in [3.05, 3.63) is 106 Å². The zero-order valence-corrected chi connectivity index (χ0v) is 26.6. The molecule has 2 aromatic carbocycles. The van der Waals surface area contributed by atoms with Crippen molar-refractivity contribution in [1.29, 1.82) is 0 Å². The van der Waals surface area contributed by atoms with Gasteiger partial charge in [0.25, 0.3) is 5.91 Å². The summed E-state index contributed by atoms with van der Waals surface area (Å²) in [4.78, 5) is 46.9. The van der Waals surface area contributed by atoms with Gasteiger partial charge in [0.2, 0.25) is 0 Å². The van der Waals surface area contributed by atoms with Crippen LogP contribution in [0.25, 0.3) is 5.82 Å². The third-order valence-electron chi connectivity index (χ3n) is 7.25. The van der Waals surface area contributed by atoms with Gasteiger partial charge in [0.15, 0.2) is 11.6 Å². The van der Waals surface area contributed by atoms with E-state index in [1.807, 2.05) is 26.8 Å². The van der Waals surface area contributed by atoms with E-state index in [9.17, 15) is 27.6 Å². The van der Waals surface area contributed by atoms with Crippen molar-refractivity contribution in [2.45, 2.75) is 39.1 Å². The van der Waals surface area contributed by atoms with Crippen molar-refractivity contribution < 1.29 is 32.3 Å². The molecule has 1 aliphatic rings. The van der Waals surface area contributed by atoms with E-state index in [1.54, 1.807) is 23.1 Å². The first-order valence-corrected chi connectivity index (χ1v) is 15.1. The maximum Gasteiger partial charge on any atom is 0.417 e. The van der Waals surface area contributed by atoms with Gasteiger partial charge in [0, 0.05) is 61.3 Å². The highest BCUT2D eigenvalue weighted by atomic mass is 35.5. The lowest BCUT2D eigenvalue weighted by Gasteiger charge is -2.35. The Balaban J connectivity index is 1.25. The van der Waals surface area contributed by atoms with Crippen molar-refractivity contribution in [2.75, 3.05) is 31.5 Å². The number of benzene rings is 2. The third kappa shape index (κ3) is 8.54. The number of carbonyl (C=O) groups is 3. The van der Waals surface area contributed by atoms with Gasteiger partial charge in [0.05, 0.1) is 23.0 Å². The van der Waals surface area contributed by atoms with Crippen molar-refractivity contribution >= 4 is 35.1 Å². The molecular formula is C33H32ClF3N6O4. The van der Waals surface area contributed by atoms with E-state index in [0.717, 1.165) is 17.7 Å². The minimum absolute atomic E-state index is 0.0847. The molecule has 0 bridgehead atoms. The number of carbonyl (C=O) groups excluding carboxylic acids is 3. The normalized spacial score (nSPS) is 14.1. The first-order chi connectivity index (χ1) is 22.2. The second-order valence-corrected chi connectivity index (χ2v) is 12.4. The Morgan fingerprint density at radius 2 is 1.68 bits per heavy atom. The molecule has 10 nitrogen and oxygen atoms in total. The Morgan fingerprint density at radius 3 is 2.34 bits per heavy atom. The number of nitrogens with zero attached hydrogens (tertiary/aromatic N) is 5. The summed E-state index contributed by atoms with van der Waals surface area (Å²) in [6.07, 6.45) is -1.59. The van der Waals surface area contributed by atoms with E-state index in [0.29, 0.717) is 44.5 Å². The molecule has 246 valence electrons. The predicted octanol–water partition coefficient (Wildman–Crippen LogP) is 6.48. The SMILES string of the molecule is CC(C)(C)OC(=O)N1CCN(Cc2cccc(C(=O)Nc3ccc(Cl)cc3C(=O)c3cnn(-c4ccc(C(F)(F)F)cn4)c3)c2)CC1. The third-order valence-corrected chi connectivity index (χ3v) is 7.48. The number of ether oxygens (including phenoxy) is 1. The molecule has 47 heavy (non-hydrogen) atoms. The van der Waals surface area contributed by atoms with Crippen LogP contribution in [-0.2, 0) is 17.5 Å². The molecule has 3 heterocycles. The van der Waals surface area contributed by atoms with E-state index < -0.39 is 29.0 Å². The van der Waals surface area contributed by atoms with Crippen LogP contribution in [0.2, 0.25) is 5.02 Å². The maximum atomic E-state index is 13.5. The number of nitrogens with one attached hydrogen (secondary N) is 1. The molecule has 0 saturated carbocycles. The fourth-order valence-corrected chi connectivity index (χ4v) is 5.07. The Kier molecular flexibility index (Phi) is 9.68. The van der Waals surface area contributed by atoms with Gasteiger partial charge in [-0.05, 0) is 68.8 Å². The van der Waals surface area contributed by atoms with Gasteiger partial charge >= 0.3 is 12.3 Å². The first kappa shape index (κ1) is 33.6. The first-order valence-electron chi connectivity index (χ1n) is 14.7. The molecule has 0 radical (unpaired) electrons. The Bertz CT molecular complexity index is 1780. The summed E-state index contributed by atoms with van der Waals surface area (Å²) >= 11 is 6.20. The van der Waals surface area contributed by atoms with Crippen LogP contribution in [0.5, 0.6) is 0 Å². The van der Waals surface area contributed by atoms with E-state index in [-0.39, 0.29) is 33.7 Å². The number of halogens is 4. The summed E-state index contributed by atoms with van der Waals surface area (Å²) in [5.74, 6) is -0.871. The number of piperazine rings is 1. The number of pyridine rings is 1. The van der Waals surface area contributed by atoms with Crippen LogP contribution in [-0.4, -0.2) is 74.1 Å². The topological polar surface area (TPSA) is 110 Å². The number of aromatic nitrogens is 3. The molecule has 5 rings (SSSR count). The maximum absolute atomic E-state index is 13.5. The van der Waals surface area contributed by atoms with Crippen LogP contribution < -0.4 is 5.32 Å². The summed E-state index contributed by atoms with van der Waals surface area (Å²) in [6, 6.07) is 13.6. The second kappa shape index (κ2) is 13.5. The van der Waals surface area contributed by atoms with Gasteiger partial charge in [-0.15, -0.1) is 0 Å². The molecule has 2 amide bonds. The molecule has 0 atom stereocenters.